The van der Waals surface area contributed by atoms with E-state index in [0.29, 0.717) is 12.8 Å². The smallest absolute Gasteiger partial charge is 0.303 e. The van der Waals surface area contributed by atoms with Crippen molar-refractivity contribution in [3.05, 3.63) is 0 Å². The molecule has 0 aromatic carbocycles. The van der Waals surface area contributed by atoms with Crippen molar-refractivity contribution in [1.82, 2.24) is 0 Å². The second-order valence-corrected chi connectivity index (χ2v) is 12.2. The molecule has 0 bridgehead atoms. The van der Waals surface area contributed by atoms with Gasteiger partial charge in [0.2, 0.25) is 0 Å². The molecule has 0 aliphatic rings. The Kier molecular flexibility index (Phi) is 51.6. The summed E-state index contributed by atoms with van der Waals surface area (Å²) in [5, 5.41) is 17.0. The van der Waals surface area contributed by atoms with E-state index >= 15 is 0 Å². The fraction of sp³-hybridized carbons (Fsp3) is 0.944. The van der Waals surface area contributed by atoms with Gasteiger partial charge in [-0.3, -0.25) is 9.59 Å². The molecule has 251 valence electrons. The summed E-state index contributed by atoms with van der Waals surface area (Å²) in [6.07, 6.45) is 40.4. The van der Waals surface area contributed by atoms with Gasteiger partial charge in [0.1, 0.15) is 0 Å². The minimum absolute atomic E-state index is 0. The summed E-state index contributed by atoms with van der Waals surface area (Å²) in [5.74, 6) is -1.31. The lowest BCUT2D eigenvalue weighted by molar-refractivity contribution is -0.138. The van der Waals surface area contributed by atoms with Crippen LogP contribution in [0.25, 0.3) is 0 Å². The third-order valence-electron chi connectivity index (χ3n) is 7.99. The van der Waals surface area contributed by atoms with E-state index in [1.165, 1.54) is 167 Å². The van der Waals surface area contributed by atoms with Crippen LogP contribution in [0.15, 0.2) is 0 Å². The van der Waals surface area contributed by atoms with E-state index in [-0.39, 0.29) is 22.8 Å². The molecule has 0 unspecified atom stereocenters. The molecule has 0 fully saturated rings. The molecule has 0 aromatic rings. The summed E-state index contributed by atoms with van der Waals surface area (Å²) in [6, 6.07) is 0. The zero-order chi connectivity index (χ0) is 29.8. The van der Waals surface area contributed by atoms with Crippen LogP contribution in [-0.4, -0.2) is 45.0 Å². The maximum Gasteiger partial charge on any atom is 0.303 e. The van der Waals surface area contributed by atoms with Gasteiger partial charge in [-0.05, 0) is 12.8 Å². The van der Waals surface area contributed by atoms with E-state index in [0.717, 1.165) is 25.7 Å². The molecular formula is C36H74AlO5. The van der Waals surface area contributed by atoms with Crippen LogP contribution >= 0.6 is 0 Å². The summed E-state index contributed by atoms with van der Waals surface area (Å²) < 4.78 is 0. The van der Waals surface area contributed by atoms with Crippen molar-refractivity contribution in [1.29, 1.82) is 0 Å². The molecule has 5 nitrogen and oxygen atoms in total. The lowest BCUT2D eigenvalue weighted by Gasteiger charge is -2.03. The van der Waals surface area contributed by atoms with Crippen molar-refractivity contribution in [3.8, 4) is 0 Å². The van der Waals surface area contributed by atoms with Crippen molar-refractivity contribution >= 4 is 29.3 Å². The first-order chi connectivity index (χ1) is 19.5. The second kappa shape index (κ2) is 44.9. The highest BCUT2D eigenvalue weighted by molar-refractivity contribution is 5.75. The Hall–Kier alpha value is -0.568. The first-order valence-electron chi connectivity index (χ1n) is 18.0. The van der Waals surface area contributed by atoms with Crippen molar-refractivity contribution in [2.75, 3.05) is 0 Å². The largest absolute Gasteiger partial charge is 0.481 e. The molecule has 42 heavy (non-hydrogen) atoms. The van der Waals surface area contributed by atoms with E-state index in [2.05, 4.69) is 13.8 Å². The SMILES string of the molecule is CCCCCCCCCCCCCCCCCC(=O)O.CCCCCCCCCCCCCCCCCC(=O)O.O.[Al]. The van der Waals surface area contributed by atoms with Gasteiger partial charge < -0.3 is 15.7 Å². The van der Waals surface area contributed by atoms with Crippen LogP contribution in [0.4, 0.5) is 0 Å². The van der Waals surface area contributed by atoms with Crippen molar-refractivity contribution in [2.24, 2.45) is 0 Å². The lowest BCUT2D eigenvalue weighted by Crippen LogP contribution is -1.93. The number of aliphatic carboxylic acids is 2. The summed E-state index contributed by atoms with van der Waals surface area (Å²) >= 11 is 0. The van der Waals surface area contributed by atoms with E-state index in [9.17, 15) is 9.59 Å². The minimum atomic E-state index is -0.653. The maximum atomic E-state index is 10.3. The topological polar surface area (TPSA) is 106 Å². The number of hydrogen-bond acceptors (Lipinski definition) is 2. The predicted molar refractivity (Wildman–Crippen MR) is 184 cm³/mol. The molecule has 0 heterocycles. The second-order valence-electron chi connectivity index (χ2n) is 12.2. The molecule has 0 saturated heterocycles. The normalized spacial score (nSPS) is 10.3. The van der Waals surface area contributed by atoms with Crippen molar-refractivity contribution in [3.63, 3.8) is 0 Å². The Balaban J connectivity index is -0.000000328. The molecule has 0 amide bonds. The quantitative estimate of drug-likeness (QED) is 0.0581. The molecule has 4 N–H and O–H groups in total. The highest BCUT2D eigenvalue weighted by Crippen LogP contribution is 2.15. The highest BCUT2D eigenvalue weighted by Gasteiger charge is 1.98. The van der Waals surface area contributed by atoms with Crippen LogP contribution < -0.4 is 0 Å². The van der Waals surface area contributed by atoms with E-state index in [1.54, 1.807) is 0 Å². The van der Waals surface area contributed by atoms with E-state index in [4.69, 9.17) is 10.2 Å². The standard InChI is InChI=1S/2C18H36O2.Al.H2O/c2*1-2-3-4-5-6-7-8-9-10-11-12-13-14-15-16-17-18(19)20;;/h2*2-17H2,1H3,(H,19,20);;1H2. The third-order valence-corrected chi connectivity index (χ3v) is 7.99. The van der Waals surface area contributed by atoms with Crippen LogP contribution in [0, 0.1) is 0 Å². The number of hydrogen-bond donors (Lipinski definition) is 2. The number of unbranched alkanes of at least 4 members (excludes halogenated alkanes) is 28. The fourth-order valence-corrected chi connectivity index (χ4v) is 5.30. The summed E-state index contributed by atoms with van der Waals surface area (Å²) in [5.41, 5.74) is 0. The summed E-state index contributed by atoms with van der Waals surface area (Å²) in [7, 11) is 0. The molecule has 6 heteroatoms. The Labute approximate surface area is 273 Å². The van der Waals surface area contributed by atoms with Crippen LogP contribution in [0.3, 0.4) is 0 Å². The van der Waals surface area contributed by atoms with Gasteiger partial charge >= 0.3 is 11.9 Å². The monoisotopic (exact) mass is 614 g/mol. The molecule has 0 aliphatic carbocycles. The summed E-state index contributed by atoms with van der Waals surface area (Å²) in [4.78, 5) is 20.7. The number of carbonyl (C=O) groups is 2. The Morgan fingerprint density at radius 3 is 0.619 bits per heavy atom. The first-order valence-corrected chi connectivity index (χ1v) is 18.0. The van der Waals surface area contributed by atoms with Crippen molar-refractivity contribution < 1.29 is 25.3 Å². The average molecular weight is 614 g/mol. The molecular weight excluding hydrogens is 539 g/mol. The first kappa shape index (κ1) is 48.3. The summed E-state index contributed by atoms with van der Waals surface area (Å²) in [6.45, 7) is 4.54. The van der Waals surface area contributed by atoms with Gasteiger partial charge in [0.25, 0.3) is 0 Å². The zero-order valence-corrected chi connectivity index (χ0v) is 29.6. The predicted octanol–water partition coefficient (Wildman–Crippen LogP) is 11.5. The van der Waals surface area contributed by atoms with Gasteiger partial charge in [-0.25, -0.2) is 0 Å². The Morgan fingerprint density at radius 2 is 0.476 bits per heavy atom. The third kappa shape index (κ3) is 52.1. The molecule has 0 saturated carbocycles. The van der Waals surface area contributed by atoms with Crippen molar-refractivity contribution in [2.45, 2.75) is 219 Å². The molecule has 3 radical (unpaired) electrons. The molecule has 0 aromatic heterocycles. The lowest BCUT2D eigenvalue weighted by atomic mass is 10.0. The van der Waals surface area contributed by atoms with Crippen LogP contribution in [0.5, 0.6) is 0 Å². The number of rotatable bonds is 32. The zero-order valence-electron chi connectivity index (χ0n) is 28.4. The van der Waals surface area contributed by atoms with Crippen LogP contribution in [0.1, 0.15) is 219 Å². The Morgan fingerprint density at radius 1 is 0.333 bits per heavy atom. The molecule has 0 aliphatic heterocycles. The molecule has 0 rings (SSSR count). The minimum Gasteiger partial charge on any atom is -0.481 e. The van der Waals surface area contributed by atoms with Gasteiger partial charge in [-0.2, -0.15) is 0 Å². The van der Waals surface area contributed by atoms with Gasteiger partial charge in [0.05, 0.1) is 0 Å². The van der Waals surface area contributed by atoms with Crippen LogP contribution in [-0.2, 0) is 9.59 Å². The van der Waals surface area contributed by atoms with Crippen LogP contribution in [0.2, 0.25) is 0 Å². The molecule has 0 atom stereocenters. The van der Waals surface area contributed by atoms with Gasteiger partial charge in [-0.1, -0.05) is 194 Å². The Bertz CT molecular complexity index is 457. The van der Waals surface area contributed by atoms with E-state index in [1.807, 2.05) is 0 Å². The number of carboxylic acid groups (broad SMARTS) is 2. The van der Waals surface area contributed by atoms with Gasteiger partial charge in [-0.15, -0.1) is 0 Å². The fourth-order valence-electron chi connectivity index (χ4n) is 5.30. The van der Waals surface area contributed by atoms with Gasteiger partial charge in [0.15, 0.2) is 0 Å². The number of carboxylic acids is 2. The van der Waals surface area contributed by atoms with E-state index < -0.39 is 11.9 Å². The maximum absolute atomic E-state index is 10.3. The molecule has 0 spiro atoms. The average Bonchev–Trinajstić information content (AvgIpc) is 2.93. The van der Waals surface area contributed by atoms with Gasteiger partial charge in [0, 0.05) is 30.2 Å². The highest BCUT2D eigenvalue weighted by atomic mass is 27.0.